The number of halogens is 1. The molecule has 1 saturated heterocycles. The highest BCUT2D eigenvalue weighted by Gasteiger charge is 2.28. The molecular weight excluding hydrogens is 391 g/mol. The number of amides is 2. The van der Waals surface area contributed by atoms with Crippen LogP contribution in [0, 0.1) is 5.82 Å². The molecule has 0 bridgehead atoms. The van der Waals surface area contributed by atoms with Gasteiger partial charge in [0, 0.05) is 32.2 Å². The van der Waals surface area contributed by atoms with E-state index in [-0.39, 0.29) is 17.8 Å². The second-order valence-electron chi connectivity index (χ2n) is 6.76. The quantitative estimate of drug-likeness (QED) is 0.658. The van der Waals surface area contributed by atoms with Gasteiger partial charge in [0.25, 0.3) is 5.91 Å². The largest absolute Gasteiger partial charge is 0.463 e. The van der Waals surface area contributed by atoms with Crippen LogP contribution in [-0.2, 0) is 4.74 Å². The van der Waals surface area contributed by atoms with Crippen LogP contribution in [0.2, 0.25) is 0 Å². The average Bonchev–Trinajstić information content (AvgIpc) is 3.44. The van der Waals surface area contributed by atoms with Gasteiger partial charge in [-0.3, -0.25) is 4.79 Å². The molecule has 3 heterocycles. The minimum atomic E-state index is -0.375. The first kappa shape index (κ1) is 19.7. The lowest BCUT2D eigenvalue weighted by atomic mass is 10.2. The van der Waals surface area contributed by atoms with Gasteiger partial charge in [0.15, 0.2) is 5.76 Å². The Bertz CT molecular complexity index is 1020. The zero-order chi connectivity index (χ0) is 21.1. The molecule has 30 heavy (non-hydrogen) atoms. The van der Waals surface area contributed by atoms with Gasteiger partial charge >= 0.3 is 6.09 Å². The summed E-state index contributed by atoms with van der Waals surface area (Å²) in [5.74, 6) is -0.0784. The van der Waals surface area contributed by atoms with Crippen molar-refractivity contribution < 1.29 is 23.1 Å². The summed E-state index contributed by atoms with van der Waals surface area (Å²) in [7, 11) is 0. The molecule has 8 nitrogen and oxygen atoms in total. The normalized spacial score (nSPS) is 14.1. The van der Waals surface area contributed by atoms with E-state index in [1.807, 2.05) is 0 Å². The van der Waals surface area contributed by atoms with Crippen molar-refractivity contribution in [2.75, 3.05) is 32.8 Å². The highest BCUT2D eigenvalue weighted by atomic mass is 19.1. The van der Waals surface area contributed by atoms with Crippen molar-refractivity contribution in [2.24, 2.45) is 0 Å². The minimum absolute atomic E-state index is 0.229. The molecule has 0 radical (unpaired) electrons. The molecule has 1 aromatic carbocycles. The van der Waals surface area contributed by atoms with Crippen LogP contribution < -0.4 is 0 Å². The Morgan fingerprint density at radius 2 is 1.80 bits per heavy atom. The maximum Gasteiger partial charge on any atom is 0.409 e. The molecule has 1 aliphatic rings. The first-order valence-electron chi connectivity index (χ1n) is 9.67. The number of furan rings is 1. The zero-order valence-corrected chi connectivity index (χ0v) is 16.5. The molecule has 4 rings (SSSR count). The van der Waals surface area contributed by atoms with Gasteiger partial charge in [-0.1, -0.05) is 0 Å². The van der Waals surface area contributed by atoms with Crippen molar-refractivity contribution >= 4 is 12.0 Å². The fraction of sp³-hybridized carbons (Fsp3) is 0.286. The molecule has 0 saturated carbocycles. The van der Waals surface area contributed by atoms with Crippen LogP contribution in [0.1, 0.15) is 17.4 Å². The average molecular weight is 412 g/mol. The Labute approximate surface area is 172 Å². The SMILES string of the molecule is CCOC(=O)N1CCN(C(=O)c2cc(-c3ccco3)nn2-c2ccc(F)cc2)CC1. The summed E-state index contributed by atoms with van der Waals surface area (Å²) in [5, 5.41) is 4.50. The molecule has 156 valence electrons. The van der Waals surface area contributed by atoms with Crippen LogP contribution in [-0.4, -0.2) is 64.4 Å². The molecule has 1 fully saturated rings. The molecule has 0 N–H and O–H groups in total. The molecule has 0 unspecified atom stereocenters. The maximum absolute atomic E-state index is 13.4. The van der Waals surface area contributed by atoms with Crippen LogP contribution in [0.5, 0.6) is 0 Å². The van der Waals surface area contributed by atoms with E-state index in [4.69, 9.17) is 9.15 Å². The number of benzene rings is 1. The predicted molar refractivity (Wildman–Crippen MR) is 106 cm³/mol. The van der Waals surface area contributed by atoms with Gasteiger partial charge in [-0.25, -0.2) is 13.9 Å². The van der Waals surface area contributed by atoms with Crippen molar-refractivity contribution in [2.45, 2.75) is 6.92 Å². The van der Waals surface area contributed by atoms with Crippen molar-refractivity contribution in [1.82, 2.24) is 19.6 Å². The second kappa shape index (κ2) is 8.40. The van der Waals surface area contributed by atoms with Crippen LogP contribution in [0.25, 0.3) is 17.1 Å². The van der Waals surface area contributed by atoms with Crippen molar-refractivity contribution in [1.29, 1.82) is 0 Å². The van der Waals surface area contributed by atoms with Gasteiger partial charge in [0.05, 0.1) is 18.6 Å². The van der Waals surface area contributed by atoms with Gasteiger partial charge in [0.1, 0.15) is 17.2 Å². The minimum Gasteiger partial charge on any atom is -0.463 e. The summed E-state index contributed by atoms with van der Waals surface area (Å²) < 4.78 is 25.3. The lowest BCUT2D eigenvalue weighted by Crippen LogP contribution is -2.51. The summed E-state index contributed by atoms with van der Waals surface area (Å²) in [6.45, 7) is 3.60. The van der Waals surface area contributed by atoms with Crippen molar-refractivity contribution in [3.8, 4) is 17.1 Å². The molecular formula is C21H21FN4O4. The van der Waals surface area contributed by atoms with E-state index in [1.165, 1.54) is 23.1 Å². The fourth-order valence-corrected chi connectivity index (χ4v) is 3.33. The van der Waals surface area contributed by atoms with Gasteiger partial charge < -0.3 is 19.0 Å². The van der Waals surface area contributed by atoms with E-state index < -0.39 is 0 Å². The molecule has 9 heteroatoms. The molecule has 2 aromatic heterocycles. The van der Waals surface area contributed by atoms with Gasteiger partial charge in [-0.2, -0.15) is 5.10 Å². The third-order valence-corrected chi connectivity index (χ3v) is 4.87. The summed E-state index contributed by atoms with van der Waals surface area (Å²) >= 11 is 0. The Balaban J connectivity index is 1.60. The summed E-state index contributed by atoms with van der Waals surface area (Å²) in [6, 6.07) is 10.9. The van der Waals surface area contributed by atoms with Crippen LogP contribution in [0.3, 0.4) is 0 Å². The zero-order valence-electron chi connectivity index (χ0n) is 16.5. The monoisotopic (exact) mass is 412 g/mol. The number of carbonyl (C=O) groups excluding carboxylic acids is 2. The maximum atomic E-state index is 13.4. The van der Waals surface area contributed by atoms with Crippen molar-refractivity contribution in [3.05, 3.63) is 60.2 Å². The number of aromatic nitrogens is 2. The van der Waals surface area contributed by atoms with E-state index in [0.717, 1.165) is 0 Å². The van der Waals surface area contributed by atoms with Gasteiger partial charge in [-0.05, 0) is 43.3 Å². The predicted octanol–water partition coefficient (Wildman–Crippen LogP) is 3.19. The van der Waals surface area contributed by atoms with E-state index in [1.54, 1.807) is 47.1 Å². The topological polar surface area (TPSA) is 80.8 Å². The number of carbonyl (C=O) groups is 2. The number of hydrogen-bond donors (Lipinski definition) is 0. The summed E-state index contributed by atoms with van der Waals surface area (Å²) in [6.07, 6.45) is 1.16. The van der Waals surface area contributed by atoms with E-state index in [0.29, 0.717) is 55.6 Å². The first-order chi connectivity index (χ1) is 14.6. The molecule has 1 aliphatic heterocycles. The van der Waals surface area contributed by atoms with Crippen LogP contribution in [0.4, 0.5) is 9.18 Å². The van der Waals surface area contributed by atoms with E-state index in [9.17, 15) is 14.0 Å². The third kappa shape index (κ3) is 3.91. The van der Waals surface area contributed by atoms with Crippen LogP contribution >= 0.6 is 0 Å². The highest BCUT2D eigenvalue weighted by molar-refractivity contribution is 5.94. The smallest absolute Gasteiger partial charge is 0.409 e. The molecule has 3 aromatic rings. The van der Waals surface area contributed by atoms with Crippen molar-refractivity contribution in [3.63, 3.8) is 0 Å². The molecule has 0 spiro atoms. The highest BCUT2D eigenvalue weighted by Crippen LogP contribution is 2.24. The summed E-state index contributed by atoms with van der Waals surface area (Å²) in [5.41, 5.74) is 1.39. The Kier molecular flexibility index (Phi) is 5.51. The first-order valence-corrected chi connectivity index (χ1v) is 9.67. The third-order valence-electron chi connectivity index (χ3n) is 4.87. The lowest BCUT2D eigenvalue weighted by molar-refractivity contribution is 0.0563. The lowest BCUT2D eigenvalue weighted by Gasteiger charge is -2.34. The Morgan fingerprint density at radius 1 is 1.10 bits per heavy atom. The van der Waals surface area contributed by atoms with Gasteiger partial charge in [-0.15, -0.1) is 0 Å². The number of hydrogen-bond acceptors (Lipinski definition) is 5. The molecule has 2 amide bonds. The molecule has 0 aliphatic carbocycles. The Hall–Kier alpha value is -3.62. The second-order valence-corrected chi connectivity index (χ2v) is 6.76. The number of piperazine rings is 1. The number of nitrogens with zero attached hydrogens (tertiary/aromatic N) is 4. The Morgan fingerprint density at radius 3 is 2.43 bits per heavy atom. The standard InChI is InChI=1S/C21H21FN4O4/c1-2-29-21(28)25-11-9-24(10-12-25)20(27)18-14-17(19-4-3-13-30-19)23-26(18)16-7-5-15(22)6-8-16/h3-8,13-14H,2,9-12H2,1H3. The fourth-order valence-electron chi connectivity index (χ4n) is 3.33. The van der Waals surface area contributed by atoms with E-state index in [2.05, 4.69) is 5.10 Å². The number of rotatable bonds is 4. The van der Waals surface area contributed by atoms with Crippen LogP contribution in [0.15, 0.2) is 53.1 Å². The number of ether oxygens (including phenoxy) is 1. The van der Waals surface area contributed by atoms with Gasteiger partial charge in [0.2, 0.25) is 0 Å². The summed E-state index contributed by atoms with van der Waals surface area (Å²) in [4.78, 5) is 28.4. The van der Waals surface area contributed by atoms with E-state index >= 15 is 0 Å². The molecule has 0 atom stereocenters.